The molecule has 2 saturated heterocycles. The molecule has 0 aromatic heterocycles. The van der Waals surface area contributed by atoms with E-state index in [1.54, 1.807) is 19.0 Å². The molecule has 7 nitrogen and oxygen atoms in total. The van der Waals surface area contributed by atoms with Crippen molar-refractivity contribution in [3.8, 4) is 0 Å². The molecule has 0 spiro atoms. The van der Waals surface area contributed by atoms with Gasteiger partial charge in [-0.1, -0.05) is 0 Å². The molecule has 3 amide bonds. The van der Waals surface area contributed by atoms with E-state index >= 15 is 0 Å². The van der Waals surface area contributed by atoms with Gasteiger partial charge in [0.1, 0.15) is 0 Å². The number of carbonyl (C=O) groups is 2. The molecule has 0 bridgehead atoms. The first-order valence-corrected chi connectivity index (χ1v) is 8.98. The maximum Gasteiger partial charge on any atom is 0.319 e. The molecule has 2 aliphatic heterocycles. The van der Waals surface area contributed by atoms with Crippen LogP contribution in [0.3, 0.4) is 0 Å². The second-order valence-electron chi connectivity index (χ2n) is 7.25. The number of urea groups is 1. The minimum atomic E-state index is 0.0266. The Morgan fingerprint density at radius 2 is 1.71 bits per heavy atom. The van der Waals surface area contributed by atoms with Gasteiger partial charge in [0, 0.05) is 59.3 Å². The number of nitrogens with one attached hydrogen (secondary N) is 1. The largest absolute Gasteiger partial charge is 0.373 e. The Bertz CT molecular complexity index is 426. The first kappa shape index (κ1) is 19.0. The van der Waals surface area contributed by atoms with E-state index in [0.717, 1.165) is 32.5 Å². The number of amides is 3. The Morgan fingerprint density at radius 3 is 2.25 bits per heavy atom. The molecule has 2 heterocycles. The molecule has 0 unspecified atom stereocenters. The van der Waals surface area contributed by atoms with Crippen LogP contribution in [-0.2, 0) is 9.53 Å². The zero-order valence-electron chi connectivity index (χ0n) is 15.5. The summed E-state index contributed by atoms with van der Waals surface area (Å²) in [6.07, 6.45) is 2.00. The Balaban J connectivity index is 1.66. The summed E-state index contributed by atoms with van der Waals surface area (Å²) in [7, 11) is 3.52. The highest BCUT2D eigenvalue weighted by Crippen LogP contribution is 2.18. The maximum atomic E-state index is 12.3. The van der Waals surface area contributed by atoms with Crippen molar-refractivity contribution in [2.24, 2.45) is 5.92 Å². The van der Waals surface area contributed by atoms with Crippen LogP contribution in [0.4, 0.5) is 4.79 Å². The van der Waals surface area contributed by atoms with Crippen LogP contribution in [0.1, 0.15) is 26.7 Å². The number of ether oxygens (including phenoxy) is 1. The second kappa shape index (κ2) is 8.67. The standard InChI is InChI=1S/C17H32N4O3/c1-13-11-20(12-14(2)24-13)10-7-18-16(22)15-5-8-21(9-6-15)17(23)19(3)4/h13-15H,5-12H2,1-4H3,(H,18,22)/t13-,14-/m0/s1. The highest BCUT2D eigenvalue weighted by atomic mass is 16.5. The lowest BCUT2D eigenvalue weighted by Crippen LogP contribution is -2.49. The lowest BCUT2D eigenvalue weighted by molar-refractivity contribution is -0.126. The molecule has 2 atom stereocenters. The molecule has 0 aliphatic carbocycles. The van der Waals surface area contributed by atoms with Crippen molar-refractivity contribution < 1.29 is 14.3 Å². The number of carbonyl (C=O) groups excluding carboxylic acids is 2. The highest BCUT2D eigenvalue weighted by molar-refractivity contribution is 5.79. The van der Waals surface area contributed by atoms with Gasteiger partial charge in [0.25, 0.3) is 0 Å². The Morgan fingerprint density at radius 1 is 1.12 bits per heavy atom. The zero-order valence-corrected chi connectivity index (χ0v) is 15.5. The van der Waals surface area contributed by atoms with E-state index in [0.29, 0.717) is 19.6 Å². The van der Waals surface area contributed by atoms with Crippen molar-refractivity contribution in [3.05, 3.63) is 0 Å². The van der Waals surface area contributed by atoms with Gasteiger partial charge in [0.05, 0.1) is 12.2 Å². The third-order valence-electron chi connectivity index (χ3n) is 4.74. The summed E-state index contributed by atoms with van der Waals surface area (Å²) in [5.74, 6) is 0.153. The molecule has 24 heavy (non-hydrogen) atoms. The molecule has 138 valence electrons. The first-order chi connectivity index (χ1) is 11.4. The predicted molar refractivity (Wildman–Crippen MR) is 92.8 cm³/mol. The van der Waals surface area contributed by atoms with Gasteiger partial charge in [-0.25, -0.2) is 4.79 Å². The van der Waals surface area contributed by atoms with Crippen molar-refractivity contribution in [3.63, 3.8) is 0 Å². The normalized spacial score (nSPS) is 26.2. The van der Waals surface area contributed by atoms with Crippen LogP contribution in [0, 0.1) is 5.92 Å². The highest BCUT2D eigenvalue weighted by Gasteiger charge is 2.28. The summed E-state index contributed by atoms with van der Waals surface area (Å²) >= 11 is 0. The van der Waals surface area contributed by atoms with E-state index in [-0.39, 0.29) is 30.1 Å². The molecule has 2 fully saturated rings. The van der Waals surface area contributed by atoms with Gasteiger partial charge < -0.3 is 19.9 Å². The SMILES string of the molecule is C[C@H]1CN(CCNC(=O)C2CCN(C(=O)N(C)C)CC2)C[C@H](C)O1. The third-order valence-corrected chi connectivity index (χ3v) is 4.74. The number of hydrogen-bond donors (Lipinski definition) is 1. The Labute approximate surface area is 145 Å². The first-order valence-electron chi connectivity index (χ1n) is 8.98. The quantitative estimate of drug-likeness (QED) is 0.814. The molecule has 0 radical (unpaired) electrons. The average molecular weight is 340 g/mol. The zero-order chi connectivity index (χ0) is 17.7. The summed E-state index contributed by atoms with van der Waals surface area (Å²) in [5.41, 5.74) is 0. The van der Waals surface area contributed by atoms with Gasteiger partial charge in [-0.3, -0.25) is 9.69 Å². The van der Waals surface area contributed by atoms with Crippen molar-refractivity contribution in [2.45, 2.75) is 38.9 Å². The summed E-state index contributed by atoms with van der Waals surface area (Å²) in [4.78, 5) is 30.0. The molecule has 0 aromatic carbocycles. The van der Waals surface area contributed by atoms with E-state index in [2.05, 4.69) is 24.1 Å². The van der Waals surface area contributed by atoms with Crippen LogP contribution in [0.5, 0.6) is 0 Å². The molecule has 2 aliphatic rings. The van der Waals surface area contributed by atoms with Gasteiger partial charge in [-0.15, -0.1) is 0 Å². The van der Waals surface area contributed by atoms with Crippen molar-refractivity contribution in [2.75, 3.05) is 53.4 Å². The van der Waals surface area contributed by atoms with Crippen LogP contribution in [0.25, 0.3) is 0 Å². The van der Waals surface area contributed by atoms with Gasteiger partial charge in [0.15, 0.2) is 0 Å². The van der Waals surface area contributed by atoms with E-state index in [4.69, 9.17) is 4.74 Å². The minimum absolute atomic E-state index is 0.0266. The minimum Gasteiger partial charge on any atom is -0.373 e. The number of likely N-dealkylation sites (tertiary alicyclic amines) is 1. The number of hydrogen-bond acceptors (Lipinski definition) is 4. The molecular formula is C17H32N4O3. The van der Waals surface area contributed by atoms with Crippen molar-refractivity contribution >= 4 is 11.9 Å². The van der Waals surface area contributed by atoms with Gasteiger partial charge in [-0.2, -0.15) is 0 Å². The Kier molecular flexibility index (Phi) is 6.86. The smallest absolute Gasteiger partial charge is 0.319 e. The fourth-order valence-electron chi connectivity index (χ4n) is 3.56. The summed E-state index contributed by atoms with van der Waals surface area (Å²) in [6, 6.07) is 0.0319. The average Bonchev–Trinajstić information content (AvgIpc) is 2.53. The topological polar surface area (TPSA) is 65.1 Å². The fraction of sp³-hybridized carbons (Fsp3) is 0.882. The van der Waals surface area contributed by atoms with Crippen LogP contribution < -0.4 is 5.32 Å². The lowest BCUT2D eigenvalue weighted by Gasteiger charge is -2.35. The van der Waals surface area contributed by atoms with Crippen molar-refractivity contribution in [1.82, 2.24) is 20.0 Å². The second-order valence-corrected chi connectivity index (χ2v) is 7.25. The van der Waals surface area contributed by atoms with Crippen LogP contribution in [-0.4, -0.2) is 92.2 Å². The summed E-state index contributed by atoms with van der Waals surface area (Å²) < 4.78 is 5.72. The van der Waals surface area contributed by atoms with E-state index < -0.39 is 0 Å². The molecular weight excluding hydrogens is 308 g/mol. The number of piperidine rings is 1. The maximum absolute atomic E-state index is 12.3. The van der Waals surface area contributed by atoms with Crippen molar-refractivity contribution in [1.29, 1.82) is 0 Å². The fourth-order valence-corrected chi connectivity index (χ4v) is 3.56. The molecule has 0 aromatic rings. The number of morpholine rings is 1. The number of rotatable bonds is 4. The molecule has 2 rings (SSSR count). The van der Waals surface area contributed by atoms with Gasteiger partial charge >= 0.3 is 6.03 Å². The van der Waals surface area contributed by atoms with Gasteiger partial charge in [-0.05, 0) is 26.7 Å². The lowest BCUT2D eigenvalue weighted by atomic mass is 9.96. The van der Waals surface area contributed by atoms with Crippen LogP contribution in [0.2, 0.25) is 0 Å². The monoisotopic (exact) mass is 340 g/mol. The Hall–Kier alpha value is -1.34. The van der Waals surface area contributed by atoms with E-state index in [1.165, 1.54) is 0 Å². The molecule has 7 heteroatoms. The molecule has 1 N–H and O–H groups in total. The van der Waals surface area contributed by atoms with Gasteiger partial charge in [0.2, 0.25) is 5.91 Å². The predicted octanol–water partition coefficient (Wildman–Crippen LogP) is 0.605. The number of nitrogens with zero attached hydrogens (tertiary/aromatic N) is 3. The van der Waals surface area contributed by atoms with E-state index in [9.17, 15) is 9.59 Å². The van der Waals surface area contributed by atoms with Crippen LogP contribution >= 0.6 is 0 Å². The van der Waals surface area contributed by atoms with E-state index in [1.807, 2.05) is 4.90 Å². The third kappa shape index (κ3) is 5.34. The molecule has 0 saturated carbocycles. The summed E-state index contributed by atoms with van der Waals surface area (Å²) in [6.45, 7) is 8.88. The van der Waals surface area contributed by atoms with Crippen LogP contribution in [0.15, 0.2) is 0 Å². The summed E-state index contributed by atoms with van der Waals surface area (Å²) in [5, 5.41) is 3.06.